The van der Waals surface area contributed by atoms with E-state index in [0.29, 0.717) is 18.9 Å². The molecule has 0 saturated heterocycles. The number of hydrogen-bond acceptors (Lipinski definition) is 7. The molecule has 100 valence electrons. The predicted molar refractivity (Wildman–Crippen MR) is 65.8 cm³/mol. The molecule has 8 heteroatoms. The number of likely N-dealkylation sites (N-methyl/N-ethyl adjacent to an activating group) is 1. The van der Waals surface area contributed by atoms with Gasteiger partial charge in [-0.25, -0.2) is 9.97 Å². The Bertz CT molecular complexity index is 552. The maximum absolute atomic E-state index is 10.5. The molecule has 8 nitrogen and oxygen atoms in total. The Morgan fingerprint density at radius 2 is 2.16 bits per heavy atom. The van der Waals surface area contributed by atoms with Crippen LogP contribution in [0.1, 0.15) is 0 Å². The average molecular weight is 264 g/mol. The number of nitro groups is 1. The van der Waals surface area contributed by atoms with Crippen LogP contribution in [0.2, 0.25) is 0 Å². The van der Waals surface area contributed by atoms with E-state index in [1.54, 1.807) is 0 Å². The van der Waals surface area contributed by atoms with Gasteiger partial charge in [-0.1, -0.05) is 0 Å². The van der Waals surface area contributed by atoms with Crippen LogP contribution in [0.15, 0.2) is 28.9 Å². The van der Waals surface area contributed by atoms with Gasteiger partial charge in [0.15, 0.2) is 17.3 Å². The number of furan rings is 1. The van der Waals surface area contributed by atoms with Gasteiger partial charge in [0.2, 0.25) is 0 Å². The summed E-state index contributed by atoms with van der Waals surface area (Å²) >= 11 is 0. The molecule has 0 unspecified atom stereocenters. The fourth-order valence-electron chi connectivity index (χ4n) is 1.33. The lowest BCUT2D eigenvalue weighted by Gasteiger charge is -2.04. The summed E-state index contributed by atoms with van der Waals surface area (Å²) in [5, 5.41) is 13.4. The van der Waals surface area contributed by atoms with E-state index < -0.39 is 4.92 Å². The monoisotopic (exact) mass is 264 g/mol. The molecule has 0 bridgehead atoms. The van der Waals surface area contributed by atoms with E-state index in [9.17, 15) is 10.1 Å². The van der Waals surface area contributed by atoms with E-state index in [-0.39, 0.29) is 17.5 Å². The minimum atomic E-state index is -0.612. The summed E-state index contributed by atoms with van der Waals surface area (Å²) < 4.78 is 10.3. The third-order valence-corrected chi connectivity index (χ3v) is 2.24. The number of ether oxygens (including phenoxy) is 1. The highest BCUT2D eigenvalue weighted by Crippen LogP contribution is 2.23. The second kappa shape index (κ2) is 5.91. The zero-order valence-electron chi connectivity index (χ0n) is 10.2. The molecule has 2 aromatic rings. The Morgan fingerprint density at radius 3 is 2.74 bits per heavy atom. The van der Waals surface area contributed by atoms with E-state index >= 15 is 0 Å². The molecule has 2 aromatic heterocycles. The van der Waals surface area contributed by atoms with Gasteiger partial charge in [-0.15, -0.1) is 0 Å². The first-order valence-electron chi connectivity index (χ1n) is 5.55. The third-order valence-electron chi connectivity index (χ3n) is 2.24. The minimum Gasteiger partial charge on any atom is -0.489 e. The first-order valence-corrected chi connectivity index (χ1v) is 5.55. The summed E-state index contributed by atoms with van der Waals surface area (Å²) in [6, 6.07) is 2.71. The van der Waals surface area contributed by atoms with Crippen molar-refractivity contribution in [1.82, 2.24) is 15.3 Å². The van der Waals surface area contributed by atoms with Gasteiger partial charge < -0.3 is 14.5 Å². The fourth-order valence-corrected chi connectivity index (χ4v) is 1.33. The molecule has 0 aliphatic carbocycles. The van der Waals surface area contributed by atoms with Crippen LogP contribution in [-0.4, -0.2) is 35.1 Å². The maximum atomic E-state index is 10.5. The van der Waals surface area contributed by atoms with Crippen molar-refractivity contribution >= 4 is 5.88 Å². The summed E-state index contributed by atoms with van der Waals surface area (Å²) in [5.74, 6) is 0.704. The number of aromatic nitrogens is 2. The fraction of sp³-hybridized carbons (Fsp3) is 0.273. The van der Waals surface area contributed by atoms with Gasteiger partial charge in [0, 0.05) is 6.54 Å². The summed E-state index contributed by atoms with van der Waals surface area (Å²) in [4.78, 5) is 17.9. The highest BCUT2D eigenvalue weighted by Gasteiger charge is 2.14. The van der Waals surface area contributed by atoms with E-state index in [4.69, 9.17) is 9.15 Å². The summed E-state index contributed by atoms with van der Waals surface area (Å²) in [6.07, 6.45) is 2.98. The molecule has 0 fully saturated rings. The molecule has 0 aliphatic heterocycles. The number of nitrogens with one attached hydrogen (secondary N) is 1. The van der Waals surface area contributed by atoms with Crippen LogP contribution in [0.25, 0.3) is 11.6 Å². The van der Waals surface area contributed by atoms with Gasteiger partial charge in [0.25, 0.3) is 0 Å². The Hall–Kier alpha value is -2.48. The molecule has 0 atom stereocenters. The summed E-state index contributed by atoms with van der Waals surface area (Å²) in [7, 11) is 1.83. The SMILES string of the molecule is CNCCOc1cnc(-c2ccc([N+](=O)[O-])o2)nc1. The molecular formula is C11H12N4O4. The van der Waals surface area contributed by atoms with Gasteiger partial charge >= 0.3 is 5.88 Å². The highest BCUT2D eigenvalue weighted by atomic mass is 16.6. The van der Waals surface area contributed by atoms with E-state index in [1.165, 1.54) is 24.5 Å². The second-order valence-corrected chi connectivity index (χ2v) is 3.59. The van der Waals surface area contributed by atoms with Gasteiger partial charge in [-0.3, -0.25) is 10.1 Å². The van der Waals surface area contributed by atoms with E-state index in [2.05, 4.69) is 15.3 Å². The Kier molecular flexibility index (Phi) is 4.04. The van der Waals surface area contributed by atoms with Crippen LogP contribution in [0.5, 0.6) is 5.75 Å². The zero-order valence-corrected chi connectivity index (χ0v) is 10.2. The summed E-state index contributed by atoms with van der Waals surface area (Å²) in [6.45, 7) is 1.22. The van der Waals surface area contributed by atoms with Crippen molar-refractivity contribution < 1.29 is 14.1 Å². The van der Waals surface area contributed by atoms with Crippen molar-refractivity contribution in [3.8, 4) is 17.3 Å². The smallest absolute Gasteiger partial charge is 0.433 e. The van der Waals surface area contributed by atoms with Crippen molar-refractivity contribution in [2.75, 3.05) is 20.2 Å². The van der Waals surface area contributed by atoms with Crippen LogP contribution in [0, 0.1) is 10.1 Å². The van der Waals surface area contributed by atoms with Gasteiger partial charge in [0.05, 0.1) is 18.5 Å². The van der Waals surface area contributed by atoms with Crippen LogP contribution >= 0.6 is 0 Å². The van der Waals surface area contributed by atoms with Crippen molar-refractivity contribution in [2.45, 2.75) is 0 Å². The molecule has 0 radical (unpaired) electrons. The lowest BCUT2D eigenvalue weighted by molar-refractivity contribution is -0.401. The first kappa shape index (κ1) is 13.0. The Morgan fingerprint density at radius 1 is 1.42 bits per heavy atom. The summed E-state index contributed by atoms with van der Waals surface area (Å²) in [5.41, 5.74) is 0. The molecule has 1 N–H and O–H groups in total. The largest absolute Gasteiger partial charge is 0.489 e. The molecule has 0 spiro atoms. The number of hydrogen-bond donors (Lipinski definition) is 1. The van der Waals surface area contributed by atoms with Gasteiger partial charge in [0.1, 0.15) is 11.5 Å². The molecule has 0 amide bonds. The molecule has 0 aliphatic rings. The molecular weight excluding hydrogens is 252 g/mol. The van der Waals surface area contributed by atoms with Gasteiger partial charge in [-0.05, 0) is 13.1 Å². The average Bonchev–Trinajstić information content (AvgIpc) is 2.90. The van der Waals surface area contributed by atoms with Crippen molar-refractivity contribution in [2.24, 2.45) is 0 Å². The quantitative estimate of drug-likeness (QED) is 0.475. The van der Waals surface area contributed by atoms with Crippen LogP contribution in [-0.2, 0) is 0 Å². The predicted octanol–water partition coefficient (Wildman–Crippen LogP) is 1.24. The van der Waals surface area contributed by atoms with Crippen molar-refractivity contribution in [1.29, 1.82) is 0 Å². The topological polar surface area (TPSA) is 103 Å². The zero-order chi connectivity index (χ0) is 13.7. The van der Waals surface area contributed by atoms with Crippen LogP contribution in [0.4, 0.5) is 5.88 Å². The lowest BCUT2D eigenvalue weighted by Crippen LogP contribution is -2.16. The van der Waals surface area contributed by atoms with Gasteiger partial charge in [-0.2, -0.15) is 0 Å². The highest BCUT2D eigenvalue weighted by molar-refractivity contribution is 5.48. The number of rotatable bonds is 6. The van der Waals surface area contributed by atoms with Crippen LogP contribution in [0.3, 0.4) is 0 Å². The molecule has 0 aromatic carbocycles. The minimum absolute atomic E-state index is 0.244. The van der Waals surface area contributed by atoms with Crippen molar-refractivity contribution in [3.63, 3.8) is 0 Å². The standard InChI is InChI=1S/C11H12N4O4/c1-12-4-5-18-8-6-13-11(14-7-8)9-2-3-10(19-9)15(16)17/h2-3,6-7,12H,4-5H2,1H3. The first-order chi connectivity index (χ1) is 9.20. The Labute approximate surface area is 108 Å². The van der Waals surface area contributed by atoms with Crippen LogP contribution < -0.4 is 10.1 Å². The molecule has 2 heterocycles. The normalized spacial score (nSPS) is 10.4. The lowest BCUT2D eigenvalue weighted by atomic mass is 10.4. The van der Waals surface area contributed by atoms with Crippen molar-refractivity contribution in [3.05, 3.63) is 34.6 Å². The molecule has 2 rings (SSSR count). The third kappa shape index (κ3) is 3.26. The molecule has 19 heavy (non-hydrogen) atoms. The van der Waals surface area contributed by atoms with E-state index in [0.717, 1.165) is 0 Å². The maximum Gasteiger partial charge on any atom is 0.433 e. The van der Waals surface area contributed by atoms with E-state index in [1.807, 2.05) is 7.05 Å². The Balaban J connectivity index is 2.06. The second-order valence-electron chi connectivity index (χ2n) is 3.59. The number of nitrogens with zero attached hydrogens (tertiary/aromatic N) is 3. The molecule has 0 saturated carbocycles.